The molecule has 17 heavy (non-hydrogen) atoms. The van der Waals surface area contributed by atoms with Gasteiger partial charge in [-0.25, -0.2) is 13.4 Å². The molecule has 0 radical (unpaired) electrons. The number of nitrogens with zero attached hydrogens (tertiary/aromatic N) is 3. The van der Waals surface area contributed by atoms with Gasteiger partial charge in [0.2, 0.25) is 0 Å². The van der Waals surface area contributed by atoms with Crippen LogP contribution in [0.4, 0.5) is 0 Å². The zero-order chi connectivity index (χ0) is 13.3. The second-order valence-electron chi connectivity index (χ2n) is 4.40. The molecule has 1 rings (SSSR count). The third kappa shape index (κ3) is 2.51. The first-order valence-corrected chi connectivity index (χ1v) is 6.89. The highest BCUT2D eigenvalue weighted by atomic mass is 32.2. The number of rotatable bonds is 5. The van der Waals surface area contributed by atoms with E-state index in [1.54, 1.807) is 18.7 Å². The maximum absolute atomic E-state index is 12.3. The summed E-state index contributed by atoms with van der Waals surface area (Å²) in [5.41, 5.74) is 5.08. The topological polar surface area (TPSA) is 81.2 Å². The Hall–Kier alpha value is -0.920. The molecule has 1 heterocycles. The SMILES string of the molecule is CCC(C)(CN)N(C)S(=O)(=O)c1cn(C)cn1. The van der Waals surface area contributed by atoms with E-state index in [0.29, 0.717) is 6.42 Å². The molecule has 1 aromatic rings. The monoisotopic (exact) mass is 260 g/mol. The van der Waals surface area contributed by atoms with Gasteiger partial charge in [0.1, 0.15) is 0 Å². The van der Waals surface area contributed by atoms with Crippen molar-refractivity contribution in [2.24, 2.45) is 12.8 Å². The van der Waals surface area contributed by atoms with Crippen LogP contribution in [0, 0.1) is 0 Å². The fourth-order valence-corrected chi connectivity index (χ4v) is 2.99. The van der Waals surface area contributed by atoms with Crippen molar-refractivity contribution in [2.75, 3.05) is 13.6 Å². The third-order valence-electron chi connectivity index (χ3n) is 3.27. The Kier molecular flexibility index (Phi) is 3.95. The van der Waals surface area contributed by atoms with Crippen LogP contribution < -0.4 is 5.73 Å². The van der Waals surface area contributed by atoms with Gasteiger partial charge in [0.25, 0.3) is 10.0 Å². The van der Waals surface area contributed by atoms with Crippen molar-refractivity contribution < 1.29 is 8.42 Å². The molecule has 0 aliphatic heterocycles. The normalized spacial score (nSPS) is 16.1. The van der Waals surface area contributed by atoms with Crippen LogP contribution in [-0.2, 0) is 17.1 Å². The Morgan fingerprint density at radius 2 is 2.18 bits per heavy atom. The molecule has 0 amide bonds. The van der Waals surface area contributed by atoms with E-state index in [2.05, 4.69) is 4.98 Å². The average molecular weight is 260 g/mol. The predicted molar refractivity (Wildman–Crippen MR) is 65.9 cm³/mol. The van der Waals surface area contributed by atoms with E-state index < -0.39 is 15.6 Å². The van der Waals surface area contributed by atoms with Gasteiger partial charge in [-0.15, -0.1) is 0 Å². The Balaban J connectivity index is 3.15. The van der Waals surface area contributed by atoms with Crippen molar-refractivity contribution in [1.29, 1.82) is 0 Å². The molecule has 0 spiro atoms. The lowest BCUT2D eigenvalue weighted by Gasteiger charge is -2.35. The summed E-state index contributed by atoms with van der Waals surface area (Å²) in [6.45, 7) is 4.01. The predicted octanol–water partition coefficient (Wildman–Crippen LogP) is 0.168. The molecule has 6 nitrogen and oxygen atoms in total. The van der Waals surface area contributed by atoms with Gasteiger partial charge in [-0.3, -0.25) is 0 Å². The van der Waals surface area contributed by atoms with Crippen LogP contribution in [0.15, 0.2) is 17.6 Å². The third-order valence-corrected chi connectivity index (χ3v) is 5.17. The number of hydrogen-bond donors (Lipinski definition) is 1. The molecule has 2 N–H and O–H groups in total. The number of imidazole rings is 1. The average Bonchev–Trinajstić information content (AvgIpc) is 2.74. The Morgan fingerprint density at radius 1 is 1.59 bits per heavy atom. The molecule has 0 saturated heterocycles. The van der Waals surface area contributed by atoms with E-state index in [-0.39, 0.29) is 11.6 Å². The van der Waals surface area contributed by atoms with Crippen LogP contribution in [0.5, 0.6) is 0 Å². The van der Waals surface area contributed by atoms with E-state index in [1.807, 2.05) is 13.8 Å². The summed E-state index contributed by atoms with van der Waals surface area (Å²) in [6.07, 6.45) is 3.59. The lowest BCUT2D eigenvalue weighted by Crippen LogP contribution is -2.51. The largest absolute Gasteiger partial charge is 0.339 e. The van der Waals surface area contributed by atoms with Crippen LogP contribution in [0.25, 0.3) is 0 Å². The summed E-state index contributed by atoms with van der Waals surface area (Å²) in [5, 5.41) is 0.0515. The molecule has 0 fully saturated rings. The fourth-order valence-electron chi connectivity index (χ4n) is 1.45. The van der Waals surface area contributed by atoms with Crippen LogP contribution >= 0.6 is 0 Å². The summed E-state index contributed by atoms with van der Waals surface area (Å²) < 4.78 is 27.5. The van der Waals surface area contributed by atoms with E-state index in [9.17, 15) is 8.42 Å². The van der Waals surface area contributed by atoms with Gasteiger partial charge in [0.05, 0.1) is 6.33 Å². The molecule has 0 aromatic carbocycles. The molecule has 0 aliphatic carbocycles. The molecule has 0 aliphatic rings. The van der Waals surface area contributed by atoms with E-state index in [4.69, 9.17) is 5.73 Å². The number of sulfonamides is 1. The minimum absolute atomic E-state index is 0.0515. The summed E-state index contributed by atoms with van der Waals surface area (Å²) >= 11 is 0. The first-order chi connectivity index (χ1) is 7.78. The molecule has 1 unspecified atom stereocenters. The maximum Gasteiger partial charge on any atom is 0.262 e. The highest BCUT2D eigenvalue weighted by Crippen LogP contribution is 2.23. The van der Waals surface area contributed by atoms with Crippen LogP contribution in [0.1, 0.15) is 20.3 Å². The smallest absolute Gasteiger partial charge is 0.262 e. The number of aromatic nitrogens is 2. The zero-order valence-electron chi connectivity index (χ0n) is 10.7. The zero-order valence-corrected chi connectivity index (χ0v) is 11.5. The summed E-state index contributed by atoms with van der Waals surface area (Å²) in [7, 11) is -0.306. The first-order valence-electron chi connectivity index (χ1n) is 5.45. The maximum atomic E-state index is 12.3. The standard InChI is InChI=1S/C10H20N4O2S/c1-5-10(2,7-11)14(4)17(15,16)9-6-13(3)8-12-9/h6,8H,5,7,11H2,1-4H3. The summed E-state index contributed by atoms with van der Waals surface area (Å²) in [4.78, 5) is 3.88. The van der Waals surface area contributed by atoms with Gasteiger partial charge < -0.3 is 10.3 Å². The summed E-state index contributed by atoms with van der Waals surface area (Å²) in [6, 6.07) is 0. The summed E-state index contributed by atoms with van der Waals surface area (Å²) in [5.74, 6) is 0. The van der Waals surface area contributed by atoms with Crippen LogP contribution in [-0.4, -0.2) is 41.4 Å². The number of nitrogens with two attached hydrogens (primary N) is 1. The molecule has 0 saturated carbocycles. The Labute approximate surface area is 102 Å². The lowest BCUT2D eigenvalue weighted by molar-refractivity contribution is 0.239. The molecule has 98 valence electrons. The molecule has 7 heteroatoms. The van der Waals surface area contributed by atoms with Crippen molar-refractivity contribution >= 4 is 10.0 Å². The minimum Gasteiger partial charge on any atom is -0.339 e. The van der Waals surface area contributed by atoms with E-state index >= 15 is 0 Å². The second kappa shape index (κ2) is 4.75. The van der Waals surface area contributed by atoms with Crippen LogP contribution in [0.3, 0.4) is 0 Å². The molecule has 1 atom stereocenters. The van der Waals surface area contributed by atoms with Crippen molar-refractivity contribution in [3.63, 3.8) is 0 Å². The number of hydrogen-bond acceptors (Lipinski definition) is 4. The van der Waals surface area contributed by atoms with Crippen molar-refractivity contribution in [3.8, 4) is 0 Å². The van der Waals surface area contributed by atoms with E-state index in [0.717, 1.165) is 0 Å². The van der Waals surface area contributed by atoms with Crippen molar-refractivity contribution in [2.45, 2.75) is 30.8 Å². The Morgan fingerprint density at radius 3 is 2.53 bits per heavy atom. The molecule has 0 bridgehead atoms. The highest BCUT2D eigenvalue weighted by molar-refractivity contribution is 7.89. The molecular weight excluding hydrogens is 240 g/mol. The van der Waals surface area contributed by atoms with E-state index in [1.165, 1.54) is 16.8 Å². The lowest BCUT2D eigenvalue weighted by atomic mass is 10.00. The van der Waals surface area contributed by atoms with Gasteiger partial charge in [-0.1, -0.05) is 6.92 Å². The van der Waals surface area contributed by atoms with Gasteiger partial charge in [0, 0.05) is 32.4 Å². The van der Waals surface area contributed by atoms with Crippen molar-refractivity contribution in [3.05, 3.63) is 12.5 Å². The second-order valence-corrected chi connectivity index (χ2v) is 6.32. The minimum atomic E-state index is -3.58. The van der Waals surface area contributed by atoms with Gasteiger partial charge >= 0.3 is 0 Å². The van der Waals surface area contributed by atoms with Crippen LogP contribution in [0.2, 0.25) is 0 Å². The highest BCUT2D eigenvalue weighted by Gasteiger charge is 2.36. The fraction of sp³-hybridized carbons (Fsp3) is 0.700. The van der Waals surface area contributed by atoms with Gasteiger partial charge in [-0.2, -0.15) is 4.31 Å². The first kappa shape index (κ1) is 14.1. The van der Waals surface area contributed by atoms with Crippen molar-refractivity contribution in [1.82, 2.24) is 13.9 Å². The van der Waals surface area contributed by atoms with Gasteiger partial charge in [-0.05, 0) is 13.3 Å². The number of aryl methyl sites for hydroxylation is 1. The number of likely N-dealkylation sites (N-methyl/N-ethyl adjacent to an activating group) is 1. The quantitative estimate of drug-likeness (QED) is 0.818. The molecule has 1 aromatic heterocycles. The van der Waals surface area contributed by atoms with Gasteiger partial charge in [0.15, 0.2) is 5.03 Å². The molecular formula is C10H20N4O2S. The Bertz CT molecular complexity index is 476.